The van der Waals surface area contributed by atoms with Gasteiger partial charge in [0.25, 0.3) is 0 Å². The molecule has 0 unspecified atom stereocenters. The third-order valence-electron chi connectivity index (χ3n) is 8.05. The second kappa shape index (κ2) is 7.97. The Hall–Kier alpha value is -2.61. The molecular weight excluding hydrogens is 430 g/mol. The largest absolute Gasteiger partial charge is 0.480 e. The molecule has 8 heteroatoms. The van der Waals surface area contributed by atoms with Crippen molar-refractivity contribution in [3.63, 3.8) is 0 Å². The SMILES string of the molecule is Cc1c2c(nn1[C@@H]1CCNC(C)(C)C1)-c1ncccc1OC21CCN(C(=O)OCC2CC2)CC1. The number of amides is 1. The van der Waals surface area contributed by atoms with Gasteiger partial charge in [-0.3, -0.25) is 9.67 Å². The van der Waals surface area contributed by atoms with Crippen molar-refractivity contribution in [3.8, 4) is 17.1 Å². The van der Waals surface area contributed by atoms with Gasteiger partial charge >= 0.3 is 6.09 Å². The Morgan fingerprint density at radius 3 is 2.76 bits per heavy atom. The number of likely N-dealkylation sites (tertiary alicyclic amines) is 1. The number of fused-ring (bicyclic) bond motifs is 4. The number of carbonyl (C=O) groups excluding carboxylic acids is 1. The average Bonchev–Trinajstić information content (AvgIpc) is 3.58. The van der Waals surface area contributed by atoms with Gasteiger partial charge in [0.05, 0.1) is 12.6 Å². The third-order valence-corrected chi connectivity index (χ3v) is 8.05. The number of pyridine rings is 1. The molecule has 0 aromatic carbocycles. The van der Waals surface area contributed by atoms with Crippen LogP contribution in [0.3, 0.4) is 0 Å². The maximum atomic E-state index is 12.6. The lowest BCUT2D eigenvalue weighted by Gasteiger charge is -2.44. The lowest BCUT2D eigenvalue weighted by atomic mass is 9.80. The summed E-state index contributed by atoms with van der Waals surface area (Å²) in [5.41, 5.74) is 3.67. The number of carbonyl (C=O) groups is 1. The number of nitrogens with zero attached hydrogens (tertiary/aromatic N) is 4. The van der Waals surface area contributed by atoms with Gasteiger partial charge in [0, 0.05) is 48.9 Å². The number of ether oxygens (including phenoxy) is 2. The van der Waals surface area contributed by atoms with Gasteiger partial charge in [-0.25, -0.2) is 4.79 Å². The standard InChI is InChI=1S/C26H35N5O3/c1-17-21-23(29-31(17)19-8-12-28-25(2,3)15-19)22-20(5-4-11-27-22)34-26(21)9-13-30(14-10-26)24(32)33-16-18-6-7-18/h4-5,11,18-19,28H,6-10,12-16H2,1-3H3/t19-/m1/s1. The van der Waals surface area contributed by atoms with Crippen LogP contribution in [0.25, 0.3) is 11.4 Å². The Morgan fingerprint density at radius 2 is 2.03 bits per heavy atom. The fourth-order valence-electron chi connectivity index (χ4n) is 6.01. The van der Waals surface area contributed by atoms with Gasteiger partial charge in [0.1, 0.15) is 22.7 Å². The molecule has 2 aromatic heterocycles. The highest BCUT2D eigenvalue weighted by Crippen LogP contribution is 2.50. The Kier molecular flexibility index (Phi) is 5.13. The van der Waals surface area contributed by atoms with E-state index in [0.29, 0.717) is 31.7 Å². The summed E-state index contributed by atoms with van der Waals surface area (Å²) >= 11 is 0. The topological polar surface area (TPSA) is 81.5 Å². The molecule has 3 fully saturated rings. The molecule has 1 amide bonds. The van der Waals surface area contributed by atoms with Gasteiger partial charge in [0.2, 0.25) is 0 Å². The number of aromatic nitrogens is 3. The second-order valence-corrected chi connectivity index (χ2v) is 11.2. The van der Waals surface area contributed by atoms with Crippen molar-refractivity contribution in [2.24, 2.45) is 5.92 Å². The molecule has 1 aliphatic carbocycles. The molecule has 4 aliphatic rings. The van der Waals surface area contributed by atoms with Crippen molar-refractivity contribution in [2.45, 2.75) is 76.5 Å². The van der Waals surface area contributed by atoms with Gasteiger partial charge in [-0.15, -0.1) is 0 Å². The minimum Gasteiger partial charge on any atom is -0.480 e. The Bertz CT molecular complexity index is 1100. The van der Waals surface area contributed by atoms with E-state index in [4.69, 9.17) is 14.6 Å². The third kappa shape index (κ3) is 3.76. The van der Waals surface area contributed by atoms with Gasteiger partial charge in [-0.05, 0) is 71.0 Å². The predicted octanol–water partition coefficient (Wildman–Crippen LogP) is 4.19. The number of nitrogens with one attached hydrogen (secondary N) is 1. The Labute approximate surface area is 201 Å². The average molecular weight is 466 g/mol. The van der Waals surface area contributed by atoms with Gasteiger partial charge in [0.15, 0.2) is 0 Å². The van der Waals surface area contributed by atoms with Crippen molar-refractivity contribution in [2.75, 3.05) is 26.2 Å². The summed E-state index contributed by atoms with van der Waals surface area (Å²) in [6, 6.07) is 4.25. The van der Waals surface area contributed by atoms with Crippen LogP contribution in [0.2, 0.25) is 0 Å². The maximum absolute atomic E-state index is 12.6. The summed E-state index contributed by atoms with van der Waals surface area (Å²) in [6.45, 7) is 9.47. The first kappa shape index (κ1) is 21.9. The number of rotatable bonds is 3. The molecule has 1 N–H and O–H groups in total. The summed E-state index contributed by atoms with van der Waals surface area (Å²) in [4.78, 5) is 19.1. The molecule has 8 nitrogen and oxygen atoms in total. The van der Waals surface area contributed by atoms with Crippen LogP contribution in [0.5, 0.6) is 5.75 Å². The molecule has 1 saturated carbocycles. The summed E-state index contributed by atoms with van der Waals surface area (Å²) in [6.07, 6.45) is 7.49. The fourth-order valence-corrected chi connectivity index (χ4v) is 6.01. The smallest absolute Gasteiger partial charge is 0.409 e. The molecule has 2 aromatic rings. The maximum Gasteiger partial charge on any atom is 0.409 e. The minimum absolute atomic E-state index is 0.0817. The highest BCUT2D eigenvalue weighted by molar-refractivity contribution is 5.71. The van der Waals surface area contributed by atoms with E-state index in [-0.39, 0.29) is 11.6 Å². The molecule has 6 rings (SSSR count). The Morgan fingerprint density at radius 1 is 1.24 bits per heavy atom. The fraction of sp³-hybridized carbons (Fsp3) is 0.654. The van der Waals surface area contributed by atoms with E-state index in [1.807, 2.05) is 23.2 Å². The van der Waals surface area contributed by atoms with Crippen molar-refractivity contribution < 1.29 is 14.3 Å². The summed E-state index contributed by atoms with van der Waals surface area (Å²) in [7, 11) is 0. The van der Waals surface area contributed by atoms with E-state index in [9.17, 15) is 4.79 Å². The van der Waals surface area contributed by atoms with Gasteiger partial charge in [-0.1, -0.05) is 0 Å². The van der Waals surface area contributed by atoms with Crippen LogP contribution < -0.4 is 10.1 Å². The molecule has 0 radical (unpaired) electrons. The van der Waals surface area contributed by atoms with Crippen LogP contribution in [0.4, 0.5) is 4.79 Å². The number of hydrogen-bond donors (Lipinski definition) is 1. The lowest BCUT2D eigenvalue weighted by Crippen LogP contribution is -2.49. The lowest BCUT2D eigenvalue weighted by molar-refractivity contribution is -0.00683. The predicted molar refractivity (Wildman–Crippen MR) is 128 cm³/mol. The summed E-state index contributed by atoms with van der Waals surface area (Å²) in [5.74, 6) is 1.36. The first-order valence-electron chi connectivity index (χ1n) is 12.8. The van der Waals surface area contributed by atoms with Crippen molar-refractivity contribution in [1.29, 1.82) is 0 Å². The highest BCUT2D eigenvalue weighted by Gasteiger charge is 2.48. The first-order valence-corrected chi connectivity index (χ1v) is 12.8. The van der Waals surface area contributed by atoms with Gasteiger partial charge in [-0.2, -0.15) is 5.10 Å². The zero-order chi connectivity index (χ0) is 23.5. The van der Waals surface area contributed by atoms with Crippen molar-refractivity contribution >= 4 is 6.09 Å². The molecule has 1 spiro atoms. The Balaban J connectivity index is 1.32. The van der Waals surface area contributed by atoms with E-state index in [0.717, 1.165) is 54.9 Å². The molecule has 3 aliphatic heterocycles. The monoisotopic (exact) mass is 465 g/mol. The van der Waals surface area contributed by atoms with E-state index < -0.39 is 5.60 Å². The van der Waals surface area contributed by atoms with Crippen molar-refractivity contribution in [1.82, 2.24) is 25.0 Å². The quantitative estimate of drug-likeness (QED) is 0.732. The minimum atomic E-state index is -0.497. The molecule has 34 heavy (non-hydrogen) atoms. The van der Waals surface area contributed by atoms with E-state index >= 15 is 0 Å². The zero-order valence-corrected chi connectivity index (χ0v) is 20.5. The molecule has 5 heterocycles. The molecule has 0 bridgehead atoms. The molecule has 182 valence electrons. The molecule has 2 saturated heterocycles. The van der Waals surface area contributed by atoms with Crippen LogP contribution in [0.1, 0.15) is 69.7 Å². The van der Waals surface area contributed by atoms with Crippen LogP contribution in [-0.2, 0) is 10.3 Å². The zero-order valence-electron chi connectivity index (χ0n) is 20.5. The summed E-state index contributed by atoms with van der Waals surface area (Å²) < 4.78 is 14.5. The highest BCUT2D eigenvalue weighted by atomic mass is 16.6. The normalized spacial score (nSPS) is 24.8. The van der Waals surface area contributed by atoms with E-state index in [1.54, 1.807) is 0 Å². The number of hydrogen-bond acceptors (Lipinski definition) is 6. The van der Waals surface area contributed by atoms with Gasteiger partial charge < -0.3 is 19.7 Å². The van der Waals surface area contributed by atoms with Crippen LogP contribution in [-0.4, -0.2) is 57.5 Å². The second-order valence-electron chi connectivity index (χ2n) is 11.2. The molecular formula is C26H35N5O3. The summed E-state index contributed by atoms with van der Waals surface area (Å²) in [5, 5.41) is 8.80. The van der Waals surface area contributed by atoms with Crippen LogP contribution >= 0.6 is 0 Å². The van der Waals surface area contributed by atoms with E-state index in [1.165, 1.54) is 18.5 Å². The first-order chi connectivity index (χ1) is 16.4. The van der Waals surface area contributed by atoms with Crippen LogP contribution in [0.15, 0.2) is 18.3 Å². The van der Waals surface area contributed by atoms with E-state index in [2.05, 4.69) is 35.8 Å². The van der Waals surface area contributed by atoms with Crippen LogP contribution in [0, 0.1) is 12.8 Å². The molecule has 1 atom stereocenters. The van der Waals surface area contributed by atoms with Crippen molar-refractivity contribution in [3.05, 3.63) is 29.6 Å². The number of piperidine rings is 2.